The highest BCUT2D eigenvalue weighted by molar-refractivity contribution is 7.99. The third-order valence-electron chi connectivity index (χ3n) is 4.76. The summed E-state index contributed by atoms with van der Waals surface area (Å²) < 4.78 is 10.8. The Morgan fingerprint density at radius 1 is 1.24 bits per heavy atom. The Labute approximate surface area is 177 Å². The molecule has 2 aliphatic rings. The Kier molecular flexibility index (Phi) is 5.69. The van der Waals surface area contributed by atoms with Crippen molar-refractivity contribution in [1.29, 1.82) is 0 Å². The molecule has 1 fully saturated rings. The van der Waals surface area contributed by atoms with Crippen LogP contribution < -0.4 is 14.8 Å². The van der Waals surface area contributed by atoms with Crippen LogP contribution in [-0.2, 0) is 9.59 Å². The van der Waals surface area contributed by atoms with E-state index in [2.05, 4.69) is 5.32 Å². The molecule has 150 valence electrons. The van der Waals surface area contributed by atoms with Crippen molar-refractivity contribution < 1.29 is 19.1 Å². The Morgan fingerprint density at radius 3 is 2.79 bits per heavy atom. The van der Waals surface area contributed by atoms with Gasteiger partial charge >= 0.3 is 0 Å². The van der Waals surface area contributed by atoms with Gasteiger partial charge in [0.05, 0.1) is 18.6 Å². The molecular weight excluding hydrogens is 412 g/mol. The summed E-state index contributed by atoms with van der Waals surface area (Å²) in [4.78, 5) is 27.5. The van der Waals surface area contributed by atoms with E-state index in [0.717, 1.165) is 5.56 Å². The first-order valence-corrected chi connectivity index (χ1v) is 10.5. The average Bonchev–Trinajstić information content (AvgIpc) is 3.23. The van der Waals surface area contributed by atoms with Crippen molar-refractivity contribution >= 4 is 46.9 Å². The van der Waals surface area contributed by atoms with Gasteiger partial charge in [0.2, 0.25) is 5.91 Å². The fraction of sp³-hybridized carbons (Fsp3) is 0.238. The number of carbonyl (C=O) groups is 2. The molecule has 1 atom stereocenters. The van der Waals surface area contributed by atoms with Gasteiger partial charge in [-0.3, -0.25) is 9.59 Å². The molecule has 2 amide bonds. The monoisotopic (exact) mass is 430 g/mol. The minimum absolute atomic E-state index is 0.168. The van der Waals surface area contributed by atoms with Gasteiger partial charge in [0.25, 0.3) is 5.91 Å². The second kappa shape index (κ2) is 8.39. The van der Waals surface area contributed by atoms with Crippen LogP contribution in [0.5, 0.6) is 11.5 Å². The summed E-state index contributed by atoms with van der Waals surface area (Å²) in [6.07, 6.45) is 1.79. The maximum Gasteiger partial charge on any atom is 0.254 e. The molecule has 0 aromatic heterocycles. The molecule has 0 saturated carbocycles. The van der Waals surface area contributed by atoms with Crippen LogP contribution in [0.1, 0.15) is 5.56 Å². The molecule has 29 heavy (non-hydrogen) atoms. The molecule has 1 saturated heterocycles. The number of fused-ring (bicyclic) bond motifs is 1. The molecule has 2 aromatic rings. The summed E-state index contributed by atoms with van der Waals surface area (Å²) >= 11 is 7.60. The number of halogens is 1. The molecule has 2 aliphatic heterocycles. The number of hydrogen-bond acceptors (Lipinski definition) is 5. The standard InChI is InChI=1S/C21H19ClN2O4S/c1-27-17-5-3-16(4-6-17)23-20(25)18-11-29-12-24(18)21(26)14-8-13-9-15(22)2-7-19(13)28-10-14/h2-9,18H,10-12H2,1H3,(H,23,25). The number of methoxy groups -OCH3 is 1. The number of thioether (sulfide) groups is 1. The summed E-state index contributed by atoms with van der Waals surface area (Å²) in [6, 6.07) is 11.8. The van der Waals surface area contributed by atoms with E-state index in [0.29, 0.717) is 39.4 Å². The van der Waals surface area contributed by atoms with Gasteiger partial charge in [0.1, 0.15) is 24.1 Å². The number of rotatable bonds is 4. The SMILES string of the molecule is COc1ccc(NC(=O)C2CSCN2C(=O)C2=Cc3cc(Cl)ccc3OC2)cc1. The summed E-state index contributed by atoms with van der Waals surface area (Å²) in [5.74, 6) is 1.99. The number of nitrogens with one attached hydrogen (secondary N) is 1. The molecule has 8 heteroatoms. The number of anilines is 1. The summed E-state index contributed by atoms with van der Waals surface area (Å²) in [7, 11) is 1.59. The maximum absolute atomic E-state index is 13.1. The Bertz CT molecular complexity index is 977. The topological polar surface area (TPSA) is 67.9 Å². The molecule has 4 rings (SSSR count). The lowest BCUT2D eigenvalue weighted by molar-refractivity contribution is -0.133. The van der Waals surface area contributed by atoms with Crippen molar-refractivity contribution in [3.05, 3.63) is 58.6 Å². The molecule has 1 unspecified atom stereocenters. The van der Waals surface area contributed by atoms with Gasteiger partial charge < -0.3 is 19.7 Å². The van der Waals surface area contributed by atoms with E-state index < -0.39 is 6.04 Å². The van der Waals surface area contributed by atoms with Crippen LogP contribution >= 0.6 is 23.4 Å². The Balaban J connectivity index is 1.49. The van der Waals surface area contributed by atoms with E-state index >= 15 is 0 Å². The number of ether oxygens (including phenoxy) is 2. The normalized spacial score (nSPS) is 17.8. The molecule has 1 N–H and O–H groups in total. The van der Waals surface area contributed by atoms with Crippen molar-refractivity contribution in [3.63, 3.8) is 0 Å². The van der Waals surface area contributed by atoms with E-state index in [1.165, 1.54) is 0 Å². The zero-order valence-corrected chi connectivity index (χ0v) is 17.3. The summed E-state index contributed by atoms with van der Waals surface area (Å²) in [6.45, 7) is 0.168. The molecule has 0 aliphatic carbocycles. The number of benzene rings is 2. The predicted octanol–water partition coefficient (Wildman–Crippen LogP) is 3.66. The van der Waals surface area contributed by atoms with Gasteiger partial charge in [-0.2, -0.15) is 0 Å². The predicted molar refractivity (Wildman–Crippen MR) is 115 cm³/mol. The third-order valence-corrected chi connectivity index (χ3v) is 6.01. The molecule has 0 bridgehead atoms. The fourth-order valence-corrected chi connectivity index (χ4v) is 4.55. The van der Waals surface area contributed by atoms with Crippen molar-refractivity contribution in [1.82, 2.24) is 4.90 Å². The Hall–Kier alpha value is -2.64. The van der Waals surface area contributed by atoms with E-state index in [1.54, 1.807) is 72.3 Å². The van der Waals surface area contributed by atoms with E-state index in [9.17, 15) is 9.59 Å². The Morgan fingerprint density at radius 2 is 2.03 bits per heavy atom. The largest absolute Gasteiger partial charge is 0.497 e. The summed E-state index contributed by atoms with van der Waals surface area (Å²) in [5, 5.41) is 3.45. The molecule has 0 radical (unpaired) electrons. The van der Waals surface area contributed by atoms with Crippen LogP contribution in [0.15, 0.2) is 48.0 Å². The first-order valence-electron chi connectivity index (χ1n) is 9.02. The number of nitrogens with zero attached hydrogens (tertiary/aromatic N) is 1. The first-order chi connectivity index (χ1) is 14.0. The zero-order chi connectivity index (χ0) is 20.4. The molecule has 2 aromatic carbocycles. The number of carbonyl (C=O) groups excluding carboxylic acids is 2. The van der Waals surface area contributed by atoms with E-state index in [1.807, 2.05) is 0 Å². The van der Waals surface area contributed by atoms with Crippen LogP contribution in [0.2, 0.25) is 5.02 Å². The van der Waals surface area contributed by atoms with Gasteiger partial charge in [-0.25, -0.2) is 0 Å². The van der Waals surface area contributed by atoms with Crippen molar-refractivity contribution in [2.75, 3.05) is 30.7 Å². The van der Waals surface area contributed by atoms with Crippen molar-refractivity contribution in [3.8, 4) is 11.5 Å². The average molecular weight is 431 g/mol. The van der Waals surface area contributed by atoms with Crippen molar-refractivity contribution in [2.45, 2.75) is 6.04 Å². The van der Waals surface area contributed by atoms with Gasteiger partial charge in [-0.05, 0) is 48.5 Å². The minimum atomic E-state index is -0.545. The van der Waals surface area contributed by atoms with Crippen LogP contribution in [0.3, 0.4) is 0 Å². The fourth-order valence-electron chi connectivity index (χ4n) is 3.22. The van der Waals surface area contributed by atoms with Crippen LogP contribution in [0.25, 0.3) is 6.08 Å². The van der Waals surface area contributed by atoms with Crippen LogP contribution in [0.4, 0.5) is 5.69 Å². The third kappa shape index (κ3) is 4.21. The van der Waals surface area contributed by atoms with Crippen LogP contribution in [-0.4, -0.2) is 48.1 Å². The van der Waals surface area contributed by atoms with E-state index in [4.69, 9.17) is 21.1 Å². The highest BCUT2D eigenvalue weighted by Crippen LogP contribution is 2.31. The number of hydrogen-bond donors (Lipinski definition) is 1. The second-order valence-corrected chi connectivity index (χ2v) is 8.08. The van der Waals surface area contributed by atoms with Gasteiger partial charge in [-0.15, -0.1) is 11.8 Å². The number of amides is 2. The smallest absolute Gasteiger partial charge is 0.254 e. The highest BCUT2D eigenvalue weighted by Gasteiger charge is 2.36. The first kappa shape index (κ1) is 19.7. The quantitative estimate of drug-likeness (QED) is 0.801. The zero-order valence-electron chi connectivity index (χ0n) is 15.7. The molecule has 0 spiro atoms. The summed E-state index contributed by atoms with van der Waals surface area (Å²) in [5.41, 5.74) is 1.92. The van der Waals surface area contributed by atoms with E-state index in [-0.39, 0.29) is 18.4 Å². The van der Waals surface area contributed by atoms with Crippen molar-refractivity contribution in [2.24, 2.45) is 0 Å². The maximum atomic E-state index is 13.1. The lowest BCUT2D eigenvalue weighted by Gasteiger charge is -2.26. The highest BCUT2D eigenvalue weighted by atomic mass is 35.5. The van der Waals surface area contributed by atoms with Crippen LogP contribution in [0, 0.1) is 0 Å². The molecular formula is C21H19ClN2O4S. The lowest BCUT2D eigenvalue weighted by atomic mass is 10.1. The second-order valence-electron chi connectivity index (χ2n) is 6.65. The van der Waals surface area contributed by atoms with Gasteiger partial charge in [0.15, 0.2) is 0 Å². The van der Waals surface area contributed by atoms with Gasteiger partial charge in [0, 0.05) is 22.0 Å². The minimum Gasteiger partial charge on any atom is -0.497 e. The lowest BCUT2D eigenvalue weighted by Crippen LogP contribution is -2.45. The van der Waals surface area contributed by atoms with Gasteiger partial charge in [-0.1, -0.05) is 11.6 Å². The molecule has 6 nitrogen and oxygen atoms in total. The molecule has 2 heterocycles.